The molecule has 0 aliphatic carbocycles. The first kappa shape index (κ1) is 15.8. The molecule has 2 unspecified atom stereocenters. The lowest BCUT2D eigenvalue weighted by atomic mass is 9.78. The van der Waals surface area contributed by atoms with E-state index in [1.165, 1.54) is 0 Å². The van der Waals surface area contributed by atoms with Gasteiger partial charge in [0.1, 0.15) is 5.60 Å². The van der Waals surface area contributed by atoms with E-state index in [0.29, 0.717) is 31.6 Å². The van der Waals surface area contributed by atoms with Gasteiger partial charge in [0.25, 0.3) is 0 Å². The Morgan fingerprint density at radius 2 is 2.25 bits per heavy atom. The Hall–Kier alpha value is -1.66. The van der Waals surface area contributed by atoms with Crippen molar-refractivity contribution in [2.75, 3.05) is 39.5 Å². The van der Waals surface area contributed by atoms with E-state index in [9.17, 15) is 4.79 Å². The van der Waals surface area contributed by atoms with E-state index in [0.717, 1.165) is 39.0 Å². The first-order chi connectivity index (χ1) is 11.8. The van der Waals surface area contributed by atoms with E-state index in [-0.39, 0.29) is 17.4 Å². The summed E-state index contributed by atoms with van der Waals surface area (Å²) >= 11 is 0. The van der Waals surface area contributed by atoms with E-state index < -0.39 is 0 Å². The Bertz CT molecular complexity index is 568. The van der Waals surface area contributed by atoms with Crippen molar-refractivity contribution >= 4 is 5.91 Å². The van der Waals surface area contributed by atoms with Gasteiger partial charge in [-0.25, -0.2) is 4.98 Å². The molecule has 3 saturated heterocycles. The van der Waals surface area contributed by atoms with Crippen LogP contribution >= 0.6 is 0 Å². The van der Waals surface area contributed by atoms with Crippen LogP contribution in [0.4, 0.5) is 0 Å². The van der Waals surface area contributed by atoms with Gasteiger partial charge in [0.2, 0.25) is 11.8 Å². The third kappa shape index (κ3) is 3.00. The van der Waals surface area contributed by atoms with Crippen LogP contribution in [0, 0.1) is 11.8 Å². The zero-order valence-corrected chi connectivity index (χ0v) is 13.9. The summed E-state index contributed by atoms with van der Waals surface area (Å²) in [6.45, 7) is 4.14. The highest BCUT2D eigenvalue weighted by Crippen LogP contribution is 2.42. The lowest BCUT2D eigenvalue weighted by molar-refractivity contribution is -0.169. The zero-order valence-electron chi connectivity index (χ0n) is 13.9. The van der Waals surface area contributed by atoms with Gasteiger partial charge in [-0.1, -0.05) is 6.07 Å². The molecule has 1 spiro atoms. The molecular weight excluding hydrogens is 308 g/mol. The number of nitrogens with zero attached hydrogens (tertiary/aromatic N) is 2. The molecule has 130 valence electrons. The summed E-state index contributed by atoms with van der Waals surface area (Å²) in [4.78, 5) is 18.5. The maximum absolute atomic E-state index is 12.4. The second kappa shape index (κ2) is 6.69. The molecule has 0 radical (unpaired) electrons. The van der Waals surface area contributed by atoms with Crippen LogP contribution in [0.3, 0.4) is 0 Å². The first-order valence-electron chi connectivity index (χ1n) is 8.81. The number of pyridine rings is 1. The molecule has 0 N–H and O–H groups in total. The quantitative estimate of drug-likeness (QED) is 0.818. The minimum absolute atomic E-state index is 0.0506. The number of likely N-dealkylation sites (tertiary alicyclic amines) is 1. The highest BCUT2D eigenvalue weighted by atomic mass is 16.5. The van der Waals surface area contributed by atoms with Crippen LogP contribution in [0.1, 0.15) is 19.3 Å². The lowest BCUT2D eigenvalue weighted by Gasteiger charge is -2.50. The van der Waals surface area contributed by atoms with Crippen LogP contribution in [-0.4, -0.2) is 60.9 Å². The molecule has 0 saturated carbocycles. The fraction of sp³-hybridized carbons (Fsp3) is 0.667. The van der Waals surface area contributed by atoms with Crippen LogP contribution < -0.4 is 4.74 Å². The molecule has 6 nitrogen and oxygen atoms in total. The number of amides is 1. The molecule has 4 rings (SSSR count). The molecule has 3 aliphatic heterocycles. The number of ether oxygens (including phenoxy) is 3. The van der Waals surface area contributed by atoms with Gasteiger partial charge in [-0.05, 0) is 31.2 Å². The van der Waals surface area contributed by atoms with Gasteiger partial charge in [0, 0.05) is 25.5 Å². The number of carbonyl (C=O) groups excluding carboxylic acids is 1. The van der Waals surface area contributed by atoms with E-state index in [4.69, 9.17) is 14.2 Å². The van der Waals surface area contributed by atoms with Crippen LogP contribution in [0.15, 0.2) is 24.4 Å². The minimum atomic E-state index is -0.150. The molecule has 3 aliphatic rings. The van der Waals surface area contributed by atoms with Gasteiger partial charge >= 0.3 is 0 Å². The molecule has 24 heavy (non-hydrogen) atoms. The fourth-order valence-electron chi connectivity index (χ4n) is 4.02. The topological polar surface area (TPSA) is 60.9 Å². The summed E-state index contributed by atoms with van der Waals surface area (Å²) in [5.74, 6) is 1.40. The molecule has 6 heteroatoms. The summed E-state index contributed by atoms with van der Waals surface area (Å²) in [6.07, 6.45) is 4.56. The molecule has 1 aromatic rings. The molecule has 1 aromatic heterocycles. The monoisotopic (exact) mass is 332 g/mol. The number of hydrogen-bond acceptors (Lipinski definition) is 5. The minimum Gasteiger partial charge on any atom is -0.478 e. The molecule has 3 fully saturated rings. The van der Waals surface area contributed by atoms with Gasteiger partial charge < -0.3 is 19.1 Å². The first-order valence-corrected chi connectivity index (χ1v) is 8.81. The van der Waals surface area contributed by atoms with E-state index in [2.05, 4.69) is 4.98 Å². The third-order valence-electron chi connectivity index (χ3n) is 5.46. The summed E-state index contributed by atoms with van der Waals surface area (Å²) < 4.78 is 17.1. The Labute approximate surface area is 142 Å². The molecule has 0 aromatic carbocycles. The largest absolute Gasteiger partial charge is 0.478 e. The number of carbonyl (C=O) groups is 1. The van der Waals surface area contributed by atoms with E-state index >= 15 is 0 Å². The van der Waals surface area contributed by atoms with Gasteiger partial charge in [0.05, 0.1) is 32.2 Å². The SMILES string of the molecule is O=C(C1CCOC1)N1CC2(C1)OCCC2CCOc1ccccn1. The van der Waals surface area contributed by atoms with Crippen molar-refractivity contribution in [3.8, 4) is 5.88 Å². The molecular formula is C18H24N2O4. The van der Waals surface area contributed by atoms with Crippen molar-refractivity contribution in [1.82, 2.24) is 9.88 Å². The standard InChI is InChI=1S/C18H24N2O4/c21-17(14-4-8-22-11-14)20-12-18(13-20)15(6-10-24-18)5-9-23-16-3-1-2-7-19-16/h1-3,7,14-15H,4-6,8-13H2. The second-order valence-corrected chi connectivity index (χ2v) is 6.96. The predicted molar refractivity (Wildman–Crippen MR) is 86.6 cm³/mol. The van der Waals surface area contributed by atoms with Crippen molar-refractivity contribution in [1.29, 1.82) is 0 Å². The van der Waals surface area contributed by atoms with E-state index in [1.807, 2.05) is 23.1 Å². The highest BCUT2D eigenvalue weighted by molar-refractivity contribution is 5.80. The average molecular weight is 332 g/mol. The van der Waals surface area contributed by atoms with Crippen LogP contribution in [0.2, 0.25) is 0 Å². The normalized spacial score (nSPS) is 28.1. The Morgan fingerprint density at radius 3 is 3.00 bits per heavy atom. The average Bonchev–Trinajstić information content (AvgIpc) is 3.24. The molecule has 0 bridgehead atoms. The Balaban J connectivity index is 1.27. The second-order valence-electron chi connectivity index (χ2n) is 6.96. The zero-order chi connectivity index (χ0) is 16.4. The fourth-order valence-corrected chi connectivity index (χ4v) is 4.02. The summed E-state index contributed by atoms with van der Waals surface area (Å²) in [7, 11) is 0. The smallest absolute Gasteiger partial charge is 0.228 e. The third-order valence-corrected chi connectivity index (χ3v) is 5.46. The molecule has 2 atom stereocenters. The van der Waals surface area contributed by atoms with Crippen molar-refractivity contribution in [2.45, 2.75) is 24.9 Å². The number of aromatic nitrogens is 1. The number of hydrogen-bond donors (Lipinski definition) is 0. The van der Waals surface area contributed by atoms with Crippen molar-refractivity contribution < 1.29 is 19.0 Å². The van der Waals surface area contributed by atoms with E-state index in [1.54, 1.807) is 6.20 Å². The number of rotatable bonds is 5. The Kier molecular flexibility index (Phi) is 4.41. The van der Waals surface area contributed by atoms with Crippen LogP contribution in [0.25, 0.3) is 0 Å². The predicted octanol–water partition coefficient (Wildman–Crippen LogP) is 1.50. The van der Waals surface area contributed by atoms with Crippen molar-refractivity contribution in [2.24, 2.45) is 11.8 Å². The Morgan fingerprint density at radius 1 is 1.33 bits per heavy atom. The van der Waals surface area contributed by atoms with Crippen LogP contribution in [-0.2, 0) is 14.3 Å². The molecule has 1 amide bonds. The van der Waals surface area contributed by atoms with Gasteiger partial charge in [-0.3, -0.25) is 4.79 Å². The summed E-state index contributed by atoms with van der Waals surface area (Å²) in [5.41, 5.74) is -0.150. The van der Waals surface area contributed by atoms with Gasteiger partial charge in [0.15, 0.2) is 0 Å². The maximum Gasteiger partial charge on any atom is 0.228 e. The summed E-state index contributed by atoms with van der Waals surface area (Å²) in [5, 5.41) is 0. The summed E-state index contributed by atoms with van der Waals surface area (Å²) in [6, 6.07) is 5.67. The molecule has 4 heterocycles. The highest BCUT2D eigenvalue weighted by Gasteiger charge is 2.54. The van der Waals surface area contributed by atoms with Crippen molar-refractivity contribution in [3.63, 3.8) is 0 Å². The van der Waals surface area contributed by atoms with Gasteiger partial charge in [-0.15, -0.1) is 0 Å². The maximum atomic E-state index is 12.4. The lowest BCUT2D eigenvalue weighted by Crippen LogP contribution is -2.67. The van der Waals surface area contributed by atoms with Crippen molar-refractivity contribution in [3.05, 3.63) is 24.4 Å². The van der Waals surface area contributed by atoms with Crippen LogP contribution in [0.5, 0.6) is 5.88 Å². The van der Waals surface area contributed by atoms with Gasteiger partial charge in [-0.2, -0.15) is 0 Å².